The van der Waals surface area contributed by atoms with Gasteiger partial charge in [0, 0.05) is 13.0 Å². The van der Waals surface area contributed by atoms with E-state index in [1.807, 2.05) is 18.2 Å². The lowest BCUT2D eigenvalue weighted by atomic mass is 9.82. The van der Waals surface area contributed by atoms with Crippen LogP contribution in [0, 0.1) is 0 Å². The number of carbonyl (C=O) groups excluding carboxylic acids is 1. The summed E-state index contributed by atoms with van der Waals surface area (Å²) in [6.07, 6.45) is 5.69. The van der Waals surface area contributed by atoms with Crippen LogP contribution in [0.1, 0.15) is 44.1 Å². The molecule has 3 rings (SSSR count). The highest BCUT2D eigenvalue weighted by molar-refractivity contribution is 5.86. The molecule has 1 aromatic rings. The number of amides is 1. The van der Waals surface area contributed by atoms with E-state index in [9.17, 15) is 4.79 Å². The van der Waals surface area contributed by atoms with Gasteiger partial charge in [0.15, 0.2) is 11.5 Å². The number of nitrogens with one attached hydrogen (secondary N) is 1. The zero-order valence-electron chi connectivity index (χ0n) is 12.9. The highest BCUT2D eigenvalue weighted by Crippen LogP contribution is 2.30. The smallest absolute Gasteiger partial charge is 0.240 e. The molecule has 1 amide bonds. The molecule has 0 atom stereocenters. The van der Waals surface area contributed by atoms with Crippen LogP contribution in [0.15, 0.2) is 18.2 Å². The lowest BCUT2D eigenvalue weighted by Gasteiger charge is -2.31. The molecule has 1 aromatic carbocycles. The van der Waals surface area contributed by atoms with Gasteiger partial charge in [-0.3, -0.25) is 4.79 Å². The predicted octanol–water partition coefficient (Wildman–Crippen LogP) is 2.13. The Morgan fingerprint density at radius 1 is 1.09 bits per heavy atom. The van der Waals surface area contributed by atoms with Crippen molar-refractivity contribution in [3.63, 3.8) is 0 Å². The Labute approximate surface area is 131 Å². The summed E-state index contributed by atoms with van der Waals surface area (Å²) in [5, 5.41) is 2.97. The first-order valence-corrected chi connectivity index (χ1v) is 8.13. The highest BCUT2D eigenvalue weighted by atomic mass is 16.5. The van der Waals surface area contributed by atoms with Crippen LogP contribution in [-0.2, 0) is 11.3 Å². The number of benzene rings is 1. The number of carbonyl (C=O) groups is 1. The first-order valence-electron chi connectivity index (χ1n) is 8.13. The van der Waals surface area contributed by atoms with E-state index in [-0.39, 0.29) is 5.91 Å². The van der Waals surface area contributed by atoms with Gasteiger partial charge in [-0.15, -0.1) is 0 Å². The Balaban J connectivity index is 1.61. The highest BCUT2D eigenvalue weighted by Gasteiger charge is 2.34. The van der Waals surface area contributed by atoms with Crippen molar-refractivity contribution in [2.75, 3.05) is 13.2 Å². The lowest BCUT2D eigenvalue weighted by molar-refractivity contribution is -0.127. The minimum Gasteiger partial charge on any atom is -0.490 e. The second-order valence-electron chi connectivity index (χ2n) is 6.23. The second-order valence-corrected chi connectivity index (χ2v) is 6.23. The topological polar surface area (TPSA) is 73.6 Å². The van der Waals surface area contributed by atoms with Crippen molar-refractivity contribution in [1.82, 2.24) is 5.32 Å². The average molecular weight is 304 g/mol. The molecule has 1 fully saturated rings. The number of ether oxygens (including phenoxy) is 2. The maximum atomic E-state index is 12.3. The molecule has 3 N–H and O–H groups in total. The summed E-state index contributed by atoms with van der Waals surface area (Å²) in [6, 6.07) is 5.80. The summed E-state index contributed by atoms with van der Waals surface area (Å²) in [4.78, 5) is 12.3. The van der Waals surface area contributed by atoms with Crippen LogP contribution in [0.4, 0.5) is 0 Å². The quantitative estimate of drug-likeness (QED) is 0.897. The van der Waals surface area contributed by atoms with E-state index in [0.29, 0.717) is 19.8 Å². The van der Waals surface area contributed by atoms with Gasteiger partial charge in [-0.25, -0.2) is 0 Å². The third-order valence-corrected chi connectivity index (χ3v) is 4.46. The van der Waals surface area contributed by atoms with Gasteiger partial charge in [-0.05, 0) is 30.5 Å². The summed E-state index contributed by atoms with van der Waals surface area (Å²) in [5.74, 6) is 1.49. The van der Waals surface area contributed by atoms with Gasteiger partial charge in [0.25, 0.3) is 0 Å². The predicted molar refractivity (Wildman–Crippen MR) is 83.9 cm³/mol. The molecule has 0 aromatic heterocycles. The van der Waals surface area contributed by atoms with Gasteiger partial charge < -0.3 is 20.5 Å². The number of fused-ring (bicyclic) bond motifs is 1. The monoisotopic (exact) mass is 304 g/mol. The van der Waals surface area contributed by atoms with Crippen molar-refractivity contribution in [1.29, 1.82) is 0 Å². The normalized spacial score (nSPS) is 20.0. The van der Waals surface area contributed by atoms with Crippen LogP contribution in [0.3, 0.4) is 0 Å². The third kappa shape index (κ3) is 3.35. The van der Waals surface area contributed by atoms with Crippen molar-refractivity contribution in [3.8, 4) is 11.5 Å². The second kappa shape index (κ2) is 6.57. The first kappa shape index (κ1) is 15.2. The lowest BCUT2D eigenvalue weighted by Crippen LogP contribution is -2.54. The molecule has 1 heterocycles. The fourth-order valence-corrected chi connectivity index (χ4v) is 3.09. The van der Waals surface area contributed by atoms with Gasteiger partial charge in [0.2, 0.25) is 5.91 Å². The minimum atomic E-state index is -0.691. The van der Waals surface area contributed by atoms with Crippen molar-refractivity contribution in [2.45, 2.75) is 50.6 Å². The van der Waals surface area contributed by atoms with Gasteiger partial charge in [0.1, 0.15) is 0 Å². The van der Waals surface area contributed by atoms with Crippen LogP contribution in [0.2, 0.25) is 0 Å². The third-order valence-electron chi connectivity index (χ3n) is 4.46. The van der Waals surface area contributed by atoms with E-state index < -0.39 is 5.54 Å². The summed E-state index contributed by atoms with van der Waals surface area (Å²) >= 11 is 0. The van der Waals surface area contributed by atoms with E-state index in [1.165, 1.54) is 6.42 Å². The van der Waals surface area contributed by atoms with E-state index >= 15 is 0 Å². The van der Waals surface area contributed by atoms with Crippen LogP contribution in [0.25, 0.3) is 0 Å². The molecule has 22 heavy (non-hydrogen) atoms. The number of hydrogen-bond donors (Lipinski definition) is 2. The molecular formula is C17H24N2O3. The maximum absolute atomic E-state index is 12.3. The molecule has 1 aliphatic heterocycles. The van der Waals surface area contributed by atoms with E-state index in [1.54, 1.807) is 0 Å². The first-order chi connectivity index (χ1) is 10.7. The Morgan fingerprint density at radius 2 is 1.82 bits per heavy atom. The van der Waals surface area contributed by atoms with Crippen molar-refractivity contribution in [2.24, 2.45) is 5.73 Å². The van der Waals surface area contributed by atoms with Gasteiger partial charge in [-0.2, -0.15) is 0 Å². The Kier molecular flexibility index (Phi) is 4.52. The molecule has 0 spiro atoms. The molecule has 0 unspecified atom stereocenters. The van der Waals surface area contributed by atoms with Crippen molar-refractivity contribution >= 4 is 5.91 Å². The average Bonchev–Trinajstić information content (AvgIpc) is 2.78. The van der Waals surface area contributed by atoms with Crippen LogP contribution < -0.4 is 20.5 Å². The molecule has 0 bridgehead atoms. The Morgan fingerprint density at radius 3 is 2.59 bits per heavy atom. The summed E-state index contributed by atoms with van der Waals surface area (Å²) < 4.78 is 11.3. The van der Waals surface area contributed by atoms with E-state index in [4.69, 9.17) is 15.2 Å². The number of hydrogen-bond acceptors (Lipinski definition) is 4. The molecule has 5 nitrogen and oxygen atoms in total. The SMILES string of the molecule is NC1(C(=O)NCc2ccc3c(c2)OCCCO3)CCCCC1. The standard InChI is InChI=1S/C17H24N2O3/c18-17(7-2-1-3-8-17)16(20)19-12-13-5-6-14-15(11-13)22-10-4-9-21-14/h5-6,11H,1-4,7-10,12,18H2,(H,19,20). The molecule has 120 valence electrons. The molecular weight excluding hydrogens is 280 g/mol. The fourth-order valence-electron chi connectivity index (χ4n) is 3.09. The largest absolute Gasteiger partial charge is 0.490 e. The molecule has 1 saturated carbocycles. The molecule has 2 aliphatic rings. The molecule has 0 saturated heterocycles. The van der Waals surface area contributed by atoms with Gasteiger partial charge in [0.05, 0.1) is 18.8 Å². The molecule has 1 aliphatic carbocycles. The fraction of sp³-hybridized carbons (Fsp3) is 0.588. The van der Waals surface area contributed by atoms with Gasteiger partial charge >= 0.3 is 0 Å². The Bertz CT molecular complexity index is 539. The zero-order valence-corrected chi connectivity index (χ0v) is 12.9. The number of nitrogens with two attached hydrogens (primary N) is 1. The number of rotatable bonds is 3. The zero-order chi connectivity index (χ0) is 15.4. The van der Waals surface area contributed by atoms with E-state index in [0.717, 1.165) is 49.2 Å². The minimum absolute atomic E-state index is 0.0423. The molecule has 5 heteroatoms. The summed E-state index contributed by atoms with van der Waals surface area (Å²) in [7, 11) is 0. The van der Waals surface area contributed by atoms with Crippen LogP contribution >= 0.6 is 0 Å². The van der Waals surface area contributed by atoms with E-state index in [2.05, 4.69) is 5.32 Å². The van der Waals surface area contributed by atoms with Crippen molar-refractivity contribution in [3.05, 3.63) is 23.8 Å². The molecule has 0 radical (unpaired) electrons. The van der Waals surface area contributed by atoms with Crippen LogP contribution in [-0.4, -0.2) is 24.7 Å². The van der Waals surface area contributed by atoms with Crippen molar-refractivity contribution < 1.29 is 14.3 Å². The summed E-state index contributed by atoms with van der Waals surface area (Å²) in [6.45, 7) is 1.81. The van der Waals surface area contributed by atoms with Gasteiger partial charge in [-0.1, -0.05) is 25.3 Å². The Hall–Kier alpha value is -1.75. The van der Waals surface area contributed by atoms with Crippen LogP contribution in [0.5, 0.6) is 11.5 Å². The maximum Gasteiger partial charge on any atom is 0.240 e. The summed E-state index contributed by atoms with van der Waals surface area (Å²) in [5.41, 5.74) is 6.55.